The van der Waals surface area contributed by atoms with Crippen LogP contribution in [-0.4, -0.2) is 22.5 Å². The predicted octanol–water partition coefficient (Wildman–Crippen LogP) is 2.65. The third-order valence-corrected chi connectivity index (χ3v) is 2.71. The molecule has 0 aliphatic rings. The molecule has 7 heteroatoms. The molecular weight excluding hydrogens is 255 g/mol. The van der Waals surface area contributed by atoms with Gasteiger partial charge in [0.1, 0.15) is 11.5 Å². The van der Waals surface area contributed by atoms with Crippen LogP contribution < -0.4 is 5.32 Å². The number of nitro groups is 1. The van der Waals surface area contributed by atoms with Crippen LogP contribution in [-0.2, 0) is 4.79 Å². The maximum absolute atomic E-state index is 12.9. The molecule has 19 heavy (non-hydrogen) atoms. The van der Waals surface area contributed by atoms with Crippen molar-refractivity contribution in [3.05, 3.63) is 34.1 Å². The van der Waals surface area contributed by atoms with Crippen molar-refractivity contribution in [1.82, 2.24) is 0 Å². The van der Waals surface area contributed by atoms with Crippen molar-refractivity contribution in [3.63, 3.8) is 0 Å². The molecule has 1 aromatic rings. The van der Waals surface area contributed by atoms with Gasteiger partial charge in [0.25, 0.3) is 5.69 Å². The van der Waals surface area contributed by atoms with Gasteiger partial charge in [-0.25, -0.2) is 4.39 Å². The van der Waals surface area contributed by atoms with Gasteiger partial charge in [-0.1, -0.05) is 6.92 Å². The van der Waals surface area contributed by atoms with Crippen LogP contribution in [0.15, 0.2) is 18.2 Å². The molecule has 2 N–H and O–H groups in total. The van der Waals surface area contributed by atoms with E-state index in [-0.39, 0.29) is 11.4 Å². The molecule has 1 aromatic carbocycles. The number of carbonyl (C=O) groups is 1. The van der Waals surface area contributed by atoms with Crippen molar-refractivity contribution in [2.75, 3.05) is 11.9 Å². The molecule has 6 nitrogen and oxygen atoms in total. The molecule has 1 rings (SSSR count). The fraction of sp³-hybridized carbons (Fsp3) is 0.417. The third-order valence-electron chi connectivity index (χ3n) is 2.71. The lowest BCUT2D eigenvalue weighted by Gasteiger charge is -2.08. The van der Waals surface area contributed by atoms with E-state index >= 15 is 0 Å². The van der Waals surface area contributed by atoms with Crippen molar-refractivity contribution < 1.29 is 19.2 Å². The number of halogens is 1. The summed E-state index contributed by atoms with van der Waals surface area (Å²) in [6.07, 6.45) is 1.03. The minimum Gasteiger partial charge on any atom is -0.481 e. The highest BCUT2D eigenvalue weighted by Crippen LogP contribution is 2.24. The van der Waals surface area contributed by atoms with Gasteiger partial charge in [0, 0.05) is 6.54 Å². The Morgan fingerprint density at radius 2 is 2.26 bits per heavy atom. The van der Waals surface area contributed by atoms with Gasteiger partial charge >= 0.3 is 5.97 Å². The number of carboxylic acid groups (broad SMARTS) is 1. The van der Waals surface area contributed by atoms with E-state index in [2.05, 4.69) is 5.32 Å². The Morgan fingerprint density at radius 3 is 2.84 bits per heavy atom. The molecule has 0 saturated heterocycles. The first-order valence-electron chi connectivity index (χ1n) is 5.82. The molecule has 0 amide bonds. The van der Waals surface area contributed by atoms with Crippen LogP contribution in [0.5, 0.6) is 0 Å². The van der Waals surface area contributed by atoms with Gasteiger partial charge in [0.2, 0.25) is 0 Å². The molecule has 0 aromatic heterocycles. The van der Waals surface area contributed by atoms with Crippen LogP contribution in [0.4, 0.5) is 15.8 Å². The fourth-order valence-electron chi connectivity index (χ4n) is 1.56. The lowest BCUT2D eigenvalue weighted by Crippen LogP contribution is -2.12. The van der Waals surface area contributed by atoms with Crippen molar-refractivity contribution in [1.29, 1.82) is 0 Å². The minimum absolute atomic E-state index is 0.231. The molecule has 0 aliphatic carbocycles. The van der Waals surface area contributed by atoms with Crippen molar-refractivity contribution in [2.45, 2.75) is 19.8 Å². The average Bonchev–Trinajstić information content (AvgIpc) is 2.35. The van der Waals surface area contributed by atoms with Crippen molar-refractivity contribution in [3.8, 4) is 0 Å². The number of anilines is 1. The SMILES string of the molecule is CC(CCCNc1ccc(F)cc1[N+](=O)[O-])C(=O)O. The van der Waals surface area contributed by atoms with Crippen molar-refractivity contribution >= 4 is 17.3 Å². The zero-order valence-corrected chi connectivity index (χ0v) is 10.4. The molecule has 0 heterocycles. The van der Waals surface area contributed by atoms with E-state index in [1.165, 1.54) is 6.07 Å². The summed E-state index contributed by atoms with van der Waals surface area (Å²) in [5.41, 5.74) is -0.0966. The molecule has 104 valence electrons. The minimum atomic E-state index is -0.868. The molecule has 0 bridgehead atoms. The van der Waals surface area contributed by atoms with Gasteiger partial charge in [-0.2, -0.15) is 0 Å². The second kappa shape index (κ2) is 6.67. The van der Waals surface area contributed by atoms with Crippen LogP contribution >= 0.6 is 0 Å². The lowest BCUT2D eigenvalue weighted by atomic mass is 10.1. The van der Waals surface area contributed by atoms with Crippen LogP contribution in [0.1, 0.15) is 19.8 Å². The number of aliphatic carboxylic acids is 1. The van der Waals surface area contributed by atoms with E-state index in [1.807, 2.05) is 0 Å². The van der Waals surface area contributed by atoms with Gasteiger partial charge < -0.3 is 10.4 Å². The molecular formula is C12H15FN2O4. The molecule has 0 fully saturated rings. The van der Waals surface area contributed by atoms with Gasteiger partial charge in [-0.05, 0) is 25.0 Å². The molecule has 0 spiro atoms. The first-order chi connectivity index (χ1) is 8.91. The average molecular weight is 270 g/mol. The fourth-order valence-corrected chi connectivity index (χ4v) is 1.56. The van der Waals surface area contributed by atoms with E-state index in [1.54, 1.807) is 6.92 Å². The monoisotopic (exact) mass is 270 g/mol. The van der Waals surface area contributed by atoms with E-state index in [4.69, 9.17) is 5.11 Å². The number of nitrogens with one attached hydrogen (secondary N) is 1. The summed E-state index contributed by atoms with van der Waals surface area (Å²) in [5.74, 6) is -1.99. The number of hydrogen-bond donors (Lipinski definition) is 2. The second-order valence-corrected chi connectivity index (χ2v) is 4.23. The summed E-state index contributed by atoms with van der Waals surface area (Å²) in [6.45, 7) is 1.99. The first-order valence-corrected chi connectivity index (χ1v) is 5.82. The van der Waals surface area contributed by atoms with Gasteiger partial charge in [0.05, 0.1) is 16.9 Å². The Morgan fingerprint density at radius 1 is 1.58 bits per heavy atom. The summed E-state index contributed by atoms with van der Waals surface area (Å²) in [6, 6.07) is 3.28. The van der Waals surface area contributed by atoms with Gasteiger partial charge in [-0.3, -0.25) is 14.9 Å². The van der Waals surface area contributed by atoms with E-state index in [0.29, 0.717) is 19.4 Å². The van der Waals surface area contributed by atoms with E-state index in [9.17, 15) is 19.3 Å². The normalized spacial score (nSPS) is 11.9. The standard InChI is InChI=1S/C12H15FN2O4/c1-8(12(16)17)3-2-6-14-10-5-4-9(13)7-11(10)15(18)19/h4-5,7-8,14H,2-3,6H2,1H3,(H,16,17). The largest absolute Gasteiger partial charge is 0.481 e. The van der Waals surface area contributed by atoms with Crippen LogP contribution in [0, 0.1) is 21.8 Å². The Kier molecular flexibility index (Phi) is 5.23. The zero-order valence-electron chi connectivity index (χ0n) is 10.4. The zero-order chi connectivity index (χ0) is 14.4. The van der Waals surface area contributed by atoms with Gasteiger partial charge in [0.15, 0.2) is 0 Å². The van der Waals surface area contributed by atoms with Crippen molar-refractivity contribution in [2.24, 2.45) is 5.92 Å². The second-order valence-electron chi connectivity index (χ2n) is 4.23. The highest BCUT2D eigenvalue weighted by Gasteiger charge is 2.15. The van der Waals surface area contributed by atoms with E-state index in [0.717, 1.165) is 12.1 Å². The Labute approximate surface area is 109 Å². The topological polar surface area (TPSA) is 92.5 Å². The highest BCUT2D eigenvalue weighted by atomic mass is 19.1. The number of nitrogens with zero attached hydrogens (tertiary/aromatic N) is 1. The number of carboxylic acids is 1. The summed E-state index contributed by atoms with van der Waals surface area (Å²) >= 11 is 0. The Bertz CT molecular complexity index is 479. The lowest BCUT2D eigenvalue weighted by molar-refractivity contribution is -0.384. The van der Waals surface area contributed by atoms with Crippen LogP contribution in [0.3, 0.4) is 0 Å². The quantitative estimate of drug-likeness (QED) is 0.451. The molecule has 1 unspecified atom stereocenters. The third kappa shape index (κ3) is 4.53. The smallest absolute Gasteiger partial charge is 0.306 e. The molecule has 1 atom stereocenters. The Balaban J connectivity index is 2.54. The van der Waals surface area contributed by atoms with Gasteiger partial charge in [-0.15, -0.1) is 0 Å². The van der Waals surface area contributed by atoms with E-state index < -0.39 is 22.6 Å². The number of nitro benzene ring substituents is 1. The van der Waals surface area contributed by atoms with Crippen LogP contribution in [0.2, 0.25) is 0 Å². The number of rotatable bonds is 7. The number of benzene rings is 1. The highest BCUT2D eigenvalue weighted by molar-refractivity contribution is 5.69. The summed E-state index contributed by atoms with van der Waals surface area (Å²) in [7, 11) is 0. The number of hydrogen-bond acceptors (Lipinski definition) is 4. The Hall–Kier alpha value is -2.18. The molecule has 0 aliphatic heterocycles. The maximum Gasteiger partial charge on any atom is 0.306 e. The summed E-state index contributed by atoms with van der Waals surface area (Å²) in [5, 5.41) is 22.2. The predicted molar refractivity (Wildman–Crippen MR) is 67.6 cm³/mol. The maximum atomic E-state index is 12.9. The summed E-state index contributed by atoms with van der Waals surface area (Å²) < 4.78 is 12.9. The molecule has 0 saturated carbocycles. The summed E-state index contributed by atoms with van der Waals surface area (Å²) in [4.78, 5) is 20.7. The molecule has 0 radical (unpaired) electrons. The first kappa shape index (κ1) is 14.9. The van der Waals surface area contributed by atoms with Crippen LogP contribution in [0.25, 0.3) is 0 Å².